The van der Waals surface area contributed by atoms with E-state index in [1.807, 2.05) is 38.2 Å². The van der Waals surface area contributed by atoms with Gasteiger partial charge in [0, 0.05) is 18.9 Å². The smallest absolute Gasteiger partial charge is 0.141 e. The van der Waals surface area contributed by atoms with Gasteiger partial charge in [0.2, 0.25) is 0 Å². The number of aliphatic hydroxyl groups excluding tert-OH is 1. The largest absolute Gasteiger partial charge is 0.392 e. The highest BCUT2D eigenvalue weighted by atomic mass is 16.3. The Balaban J connectivity index is 2.55. The molecule has 1 rings (SSSR count). The molecule has 16 heavy (non-hydrogen) atoms. The van der Waals surface area contributed by atoms with Gasteiger partial charge in [-0.2, -0.15) is 0 Å². The molecule has 0 saturated heterocycles. The molecule has 0 aliphatic carbocycles. The molecule has 0 bridgehead atoms. The Kier molecular flexibility index (Phi) is 5.15. The summed E-state index contributed by atoms with van der Waals surface area (Å²) in [5.74, 6) is 0.286. The van der Waals surface area contributed by atoms with E-state index in [0.29, 0.717) is 13.0 Å². The Hall–Kier alpha value is -1.19. The molecule has 0 fully saturated rings. The number of nitrogens with one attached hydrogen (secondary N) is 1. The standard InChI is InChI=1S/C13H19NO2/c1-10(8-14-2)13(16)7-11-3-5-12(9-15)6-4-11/h3-6,10,14-15H,7-9H2,1-2H3/t10-/m1/s1. The predicted molar refractivity (Wildman–Crippen MR) is 64.2 cm³/mol. The first kappa shape index (κ1) is 12.9. The maximum absolute atomic E-state index is 11.8. The zero-order chi connectivity index (χ0) is 12.0. The van der Waals surface area contributed by atoms with Crippen molar-refractivity contribution >= 4 is 5.78 Å². The van der Waals surface area contributed by atoms with Gasteiger partial charge >= 0.3 is 0 Å². The van der Waals surface area contributed by atoms with Crippen LogP contribution in [-0.4, -0.2) is 24.5 Å². The predicted octanol–water partition coefficient (Wildman–Crippen LogP) is 1.15. The zero-order valence-electron chi connectivity index (χ0n) is 9.86. The summed E-state index contributed by atoms with van der Waals surface area (Å²) >= 11 is 0. The molecule has 3 heteroatoms. The molecule has 0 aliphatic heterocycles. The lowest BCUT2D eigenvalue weighted by Gasteiger charge is -2.09. The summed E-state index contributed by atoms with van der Waals surface area (Å²) in [4.78, 5) is 11.8. The minimum Gasteiger partial charge on any atom is -0.392 e. The average Bonchev–Trinajstić information content (AvgIpc) is 2.30. The molecule has 0 saturated carbocycles. The van der Waals surface area contributed by atoms with E-state index in [0.717, 1.165) is 11.1 Å². The van der Waals surface area contributed by atoms with Gasteiger partial charge in [-0.25, -0.2) is 0 Å². The highest BCUT2D eigenvalue weighted by Gasteiger charge is 2.12. The first-order valence-corrected chi connectivity index (χ1v) is 5.53. The van der Waals surface area contributed by atoms with Gasteiger partial charge in [-0.15, -0.1) is 0 Å². The number of carbonyl (C=O) groups is 1. The Morgan fingerprint density at radius 2 is 1.88 bits per heavy atom. The fourth-order valence-electron chi connectivity index (χ4n) is 1.56. The van der Waals surface area contributed by atoms with Crippen LogP contribution in [0.1, 0.15) is 18.1 Å². The number of hydrogen-bond donors (Lipinski definition) is 2. The maximum Gasteiger partial charge on any atom is 0.141 e. The second kappa shape index (κ2) is 6.40. The van der Waals surface area contributed by atoms with Crippen molar-refractivity contribution in [3.05, 3.63) is 35.4 Å². The number of Topliss-reactive ketones (excluding diaryl/α,β-unsaturated/α-hetero) is 1. The molecule has 1 aromatic rings. The number of rotatable bonds is 6. The van der Waals surface area contributed by atoms with Crippen molar-refractivity contribution in [1.29, 1.82) is 0 Å². The van der Waals surface area contributed by atoms with Crippen molar-refractivity contribution in [2.75, 3.05) is 13.6 Å². The lowest BCUT2D eigenvalue weighted by Crippen LogP contribution is -2.24. The topological polar surface area (TPSA) is 49.3 Å². The Morgan fingerprint density at radius 1 is 1.31 bits per heavy atom. The van der Waals surface area contributed by atoms with E-state index < -0.39 is 0 Å². The van der Waals surface area contributed by atoms with Gasteiger partial charge in [0.25, 0.3) is 0 Å². The van der Waals surface area contributed by atoms with Crippen LogP contribution in [0.2, 0.25) is 0 Å². The van der Waals surface area contributed by atoms with Crippen LogP contribution in [0, 0.1) is 5.92 Å². The minimum absolute atomic E-state index is 0.0440. The summed E-state index contributed by atoms with van der Waals surface area (Å²) in [7, 11) is 1.85. The molecule has 1 atom stereocenters. The molecule has 0 spiro atoms. The van der Waals surface area contributed by atoms with E-state index in [-0.39, 0.29) is 18.3 Å². The highest BCUT2D eigenvalue weighted by Crippen LogP contribution is 2.08. The van der Waals surface area contributed by atoms with E-state index in [4.69, 9.17) is 5.11 Å². The normalized spacial score (nSPS) is 12.4. The lowest BCUT2D eigenvalue weighted by atomic mass is 9.99. The minimum atomic E-state index is 0.0440. The number of carbonyl (C=O) groups excluding carboxylic acids is 1. The SMILES string of the molecule is CNC[C@@H](C)C(=O)Cc1ccc(CO)cc1. The molecule has 0 aromatic heterocycles. The number of aliphatic hydroxyl groups is 1. The second-order valence-corrected chi connectivity index (χ2v) is 4.08. The first-order valence-electron chi connectivity index (χ1n) is 5.53. The van der Waals surface area contributed by atoms with Crippen molar-refractivity contribution < 1.29 is 9.90 Å². The zero-order valence-corrected chi connectivity index (χ0v) is 9.86. The van der Waals surface area contributed by atoms with E-state index in [1.165, 1.54) is 0 Å². The third-order valence-electron chi connectivity index (χ3n) is 2.64. The third kappa shape index (κ3) is 3.76. The molecule has 88 valence electrons. The van der Waals surface area contributed by atoms with Crippen LogP contribution in [0.3, 0.4) is 0 Å². The molecule has 0 aliphatic rings. The molecule has 3 nitrogen and oxygen atoms in total. The molecule has 0 amide bonds. The Morgan fingerprint density at radius 3 is 2.38 bits per heavy atom. The Labute approximate surface area is 96.5 Å². The summed E-state index contributed by atoms with van der Waals surface area (Å²) in [5, 5.41) is 11.9. The molecule has 0 radical (unpaired) electrons. The van der Waals surface area contributed by atoms with Crippen LogP contribution >= 0.6 is 0 Å². The van der Waals surface area contributed by atoms with Crippen molar-refractivity contribution in [1.82, 2.24) is 5.32 Å². The van der Waals surface area contributed by atoms with E-state index >= 15 is 0 Å². The molecular weight excluding hydrogens is 202 g/mol. The summed E-state index contributed by atoms with van der Waals surface area (Å²) in [5.41, 5.74) is 1.88. The van der Waals surface area contributed by atoms with Gasteiger partial charge < -0.3 is 10.4 Å². The van der Waals surface area contributed by atoms with Crippen molar-refractivity contribution in [3.63, 3.8) is 0 Å². The van der Waals surface area contributed by atoms with Gasteiger partial charge in [-0.1, -0.05) is 31.2 Å². The van der Waals surface area contributed by atoms with Gasteiger partial charge in [0.05, 0.1) is 6.61 Å². The summed E-state index contributed by atoms with van der Waals surface area (Å²) in [6.45, 7) is 2.69. The van der Waals surface area contributed by atoms with Crippen LogP contribution in [0.5, 0.6) is 0 Å². The highest BCUT2D eigenvalue weighted by molar-refractivity contribution is 5.83. The Bertz CT molecular complexity index is 332. The van der Waals surface area contributed by atoms with Crippen LogP contribution in [0.15, 0.2) is 24.3 Å². The van der Waals surface area contributed by atoms with Crippen molar-refractivity contribution in [3.8, 4) is 0 Å². The molecule has 1 aromatic carbocycles. The average molecular weight is 221 g/mol. The number of benzene rings is 1. The molecule has 0 unspecified atom stereocenters. The number of ketones is 1. The fourth-order valence-corrected chi connectivity index (χ4v) is 1.56. The second-order valence-electron chi connectivity index (χ2n) is 4.08. The van der Waals surface area contributed by atoms with Gasteiger partial charge in [-0.3, -0.25) is 4.79 Å². The monoisotopic (exact) mass is 221 g/mol. The van der Waals surface area contributed by atoms with E-state index in [9.17, 15) is 4.79 Å². The van der Waals surface area contributed by atoms with Crippen LogP contribution in [0.25, 0.3) is 0 Å². The maximum atomic E-state index is 11.8. The first-order chi connectivity index (χ1) is 7.67. The van der Waals surface area contributed by atoms with E-state index in [2.05, 4.69) is 5.32 Å². The van der Waals surface area contributed by atoms with Gasteiger partial charge in [0.1, 0.15) is 5.78 Å². The van der Waals surface area contributed by atoms with Crippen LogP contribution in [-0.2, 0) is 17.8 Å². The molecule has 2 N–H and O–H groups in total. The van der Waals surface area contributed by atoms with Gasteiger partial charge in [0.15, 0.2) is 0 Å². The lowest BCUT2D eigenvalue weighted by molar-refractivity contribution is -0.121. The van der Waals surface area contributed by atoms with Crippen molar-refractivity contribution in [2.45, 2.75) is 20.0 Å². The molecular formula is C13H19NO2. The van der Waals surface area contributed by atoms with Gasteiger partial charge in [-0.05, 0) is 18.2 Å². The number of hydrogen-bond acceptors (Lipinski definition) is 3. The third-order valence-corrected chi connectivity index (χ3v) is 2.64. The fraction of sp³-hybridized carbons (Fsp3) is 0.462. The molecule has 0 heterocycles. The van der Waals surface area contributed by atoms with Crippen LogP contribution in [0.4, 0.5) is 0 Å². The van der Waals surface area contributed by atoms with Crippen molar-refractivity contribution in [2.24, 2.45) is 5.92 Å². The summed E-state index contributed by atoms with van der Waals surface area (Å²) < 4.78 is 0. The quantitative estimate of drug-likeness (QED) is 0.757. The summed E-state index contributed by atoms with van der Waals surface area (Å²) in [6.07, 6.45) is 0.467. The van der Waals surface area contributed by atoms with E-state index in [1.54, 1.807) is 0 Å². The van der Waals surface area contributed by atoms with Crippen LogP contribution < -0.4 is 5.32 Å². The summed E-state index contributed by atoms with van der Waals surface area (Å²) in [6, 6.07) is 7.50.